The minimum Gasteiger partial charge on any atom is -0.333 e. The number of aromatic nitrogens is 4. The van der Waals surface area contributed by atoms with Gasteiger partial charge in [-0.3, -0.25) is 14.9 Å². The topological polar surface area (TPSA) is 129 Å². The maximum atomic E-state index is 13.4. The molecule has 13 heteroatoms. The van der Waals surface area contributed by atoms with Gasteiger partial charge in [0.25, 0.3) is 18.2 Å². The molecule has 4 aromatic rings. The molecule has 1 fully saturated rings. The van der Waals surface area contributed by atoms with Crippen LogP contribution in [0, 0.1) is 17.2 Å². The lowest BCUT2D eigenvalue weighted by Crippen LogP contribution is -2.39. The van der Waals surface area contributed by atoms with Gasteiger partial charge in [0.1, 0.15) is 17.3 Å². The van der Waals surface area contributed by atoms with E-state index in [-0.39, 0.29) is 35.9 Å². The first-order valence-electron chi connectivity index (χ1n) is 14.3. The molecule has 10 nitrogen and oxygen atoms in total. The summed E-state index contributed by atoms with van der Waals surface area (Å²) in [6.07, 6.45) is 2.30. The lowest BCUT2D eigenvalue weighted by atomic mass is 10.1. The quantitative estimate of drug-likeness (QED) is 0.173. The minimum absolute atomic E-state index is 0.0464. The third-order valence-electron chi connectivity index (χ3n) is 7.20. The molecule has 1 aliphatic heterocycles. The first kappa shape index (κ1) is 30.9. The summed E-state index contributed by atoms with van der Waals surface area (Å²) in [6.45, 7) is 4.51. The number of hydrogen-bond acceptors (Lipinski definition) is 8. The van der Waals surface area contributed by atoms with Crippen molar-refractivity contribution in [2.75, 3.05) is 18.4 Å². The van der Waals surface area contributed by atoms with Gasteiger partial charge in [0.2, 0.25) is 5.95 Å². The number of amides is 2. The fourth-order valence-electron chi connectivity index (χ4n) is 5.23. The Bertz CT molecular complexity index is 1710. The van der Waals surface area contributed by atoms with Gasteiger partial charge in [-0.25, -0.2) is 13.8 Å². The van der Waals surface area contributed by atoms with Crippen LogP contribution in [0.1, 0.15) is 41.9 Å². The van der Waals surface area contributed by atoms with Crippen LogP contribution in [0.5, 0.6) is 0 Å². The number of carbonyl (C=O) groups excluding carboxylic acids is 2. The van der Waals surface area contributed by atoms with E-state index in [2.05, 4.69) is 26.9 Å². The van der Waals surface area contributed by atoms with Crippen LogP contribution in [-0.2, 0) is 17.9 Å². The average Bonchev–Trinajstić information content (AvgIpc) is 3.75. The van der Waals surface area contributed by atoms with E-state index in [1.807, 2.05) is 42.7 Å². The monoisotopic (exact) mass is 618 g/mol. The van der Waals surface area contributed by atoms with Crippen LogP contribution in [0.15, 0.2) is 60.3 Å². The first-order chi connectivity index (χ1) is 21.2. The van der Waals surface area contributed by atoms with E-state index in [0.29, 0.717) is 35.1 Å². The number of rotatable bonds is 11. The molecule has 2 amide bonds. The Morgan fingerprint density at radius 1 is 1.23 bits per heavy atom. The number of allylic oxidation sites excluding steroid dienone is 1. The molecule has 3 aromatic heterocycles. The van der Waals surface area contributed by atoms with Gasteiger partial charge >= 0.3 is 0 Å². The summed E-state index contributed by atoms with van der Waals surface area (Å²) in [6, 6.07) is 14.4. The second-order valence-corrected chi connectivity index (χ2v) is 11.9. The smallest absolute Gasteiger partial charge is 0.268 e. The summed E-state index contributed by atoms with van der Waals surface area (Å²) in [4.78, 5) is 34.5. The van der Waals surface area contributed by atoms with Crippen molar-refractivity contribution in [1.29, 1.82) is 5.26 Å². The number of thiophene rings is 1. The highest BCUT2D eigenvalue weighted by atomic mass is 32.1. The molecule has 5 rings (SSSR count). The zero-order valence-corrected chi connectivity index (χ0v) is 25.2. The summed E-state index contributed by atoms with van der Waals surface area (Å²) in [7, 11) is 0. The molecule has 2 N–H and O–H groups in total. The summed E-state index contributed by atoms with van der Waals surface area (Å²) in [5.74, 6) is -0.312. The maximum Gasteiger partial charge on any atom is 0.268 e. The van der Waals surface area contributed by atoms with Crippen LogP contribution in [0.2, 0.25) is 0 Å². The van der Waals surface area contributed by atoms with Crippen LogP contribution in [0.3, 0.4) is 0 Å². The number of benzene rings is 1. The van der Waals surface area contributed by atoms with Crippen molar-refractivity contribution in [1.82, 2.24) is 30.0 Å². The van der Waals surface area contributed by atoms with Crippen molar-refractivity contribution >= 4 is 40.1 Å². The van der Waals surface area contributed by atoms with E-state index < -0.39 is 13.0 Å². The molecule has 0 unspecified atom stereocenters. The highest BCUT2D eigenvalue weighted by molar-refractivity contribution is 7.17. The zero-order chi connectivity index (χ0) is 31.2. The molecule has 228 valence electrons. The van der Waals surface area contributed by atoms with Crippen molar-refractivity contribution < 1.29 is 18.4 Å². The number of halogens is 2. The Balaban J connectivity index is 1.44. The van der Waals surface area contributed by atoms with E-state index in [1.54, 1.807) is 35.4 Å². The van der Waals surface area contributed by atoms with Crippen molar-refractivity contribution in [3.63, 3.8) is 0 Å². The highest BCUT2D eigenvalue weighted by Crippen LogP contribution is 2.29. The van der Waals surface area contributed by atoms with E-state index in [0.717, 1.165) is 28.8 Å². The fraction of sp³-hybridized carbons (Fsp3) is 0.355. The van der Waals surface area contributed by atoms with Crippen LogP contribution in [-0.4, -0.2) is 62.0 Å². The minimum atomic E-state index is -2.46. The second kappa shape index (κ2) is 13.8. The number of imidazole rings is 1. The van der Waals surface area contributed by atoms with Gasteiger partial charge in [0.05, 0.1) is 33.4 Å². The highest BCUT2D eigenvalue weighted by Gasteiger charge is 2.32. The molecule has 0 bridgehead atoms. The fourth-order valence-corrected chi connectivity index (χ4v) is 6.10. The summed E-state index contributed by atoms with van der Waals surface area (Å²) in [5, 5.41) is 23.3. The van der Waals surface area contributed by atoms with Gasteiger partial charge in [-0.1, -0.05) is 26.0 Å². The van der Waals surface area contributed by atoms with Crippen molar-refractivity contribution in [3.8, 4) is 16.6 Å². The van der Waals surface area contributed by atoms with Crippen LogP contribution >= 0.6 is 11.3 Å². The number of hydrogen-bond donors (Lipinski definition) is 2. The van der Waals surface area contributed by atoms with E-state index in [9.17, 15) is 23.6 Å². The number of nitrogens with zero attached hydrogens (tertiary/aromatic N) is 6. The van der Waals surface area contributed by atoms with Crippen LogP contribution < -0.4 is 10.6 Å². The van der Waals surface area contributed by atoms with Gasteiger partial charge in [-0.15, -0.1) is 16.4 Å². The number of likely N-dealkylation sites (tertiary alicyclic amines) is 1. The number of alkyl halides is 2. The predicted octanol–water partition coefficient (Wildman–Crippen LogP) is 5.26. The Morgan fingerprint density at radius 3 is 2.80 bits per heavy atom. The molecular formula is C31H32F2N8O2S. The maximum absolute atomic E-state index is 13.4. The molecule has 0 saturated carbocycles. The summed E-state index contributed by atoms with van der Waals surface area (Å²) in [5.41, 5.74) is 2.85. The summed E-state index contributed by atoms with van der Waals surface area (Å²) < 4.78 is 27.2. The molecule has 1 atom stereocenters. The molecular weight excluding hydrogens is 586 g/mol. The van der Waals surface area contributed by atoms with Crippen LogP contribution in [0.25, 0.3) is 21.6 Å². The lowest BCUT2D eigenvalue weighted by molar-refractivity contribution is -0.127. The van der Waals surface area contributed by atoms with E-state index in [4.69, 9.17) is 4.98 Å². The van der Waals surface area contributed by atoms with Crippen molar-refractivity contribution in [2.24, 2.45) is 5.92 Å². The van der Waals surface area contributed by atoms with E-state index >= 15 is 0 Å². The van der Waals surface area contributed by atoms with Gasteiger partial charge < -0.3 is 14.8 Å². The average molecular weight is 619 g/mol. The molecule has 0 spiro atoms. The predicted molar refractivity (Wildman–Crippen MR) is 164 cm³/mol. The first-order valence-corrected chi connectivity index (χ1v) is 15.1. The molecule has 0 aliphatic carbocycles. The molecule has 0 radical (unpaired) electrons. The third kappa shape index (κ3) is 7.15. The van der Waals surface area contributed by atoms with Crippen molar-refractivity contribution in [3.05, 3.63) is 70.8 Å². The Hall–Kier alpha value is -4.54. The molecule has 1 aromatic carbocycles. The molecule has 1 aliphatic rings. The standard InChI is InChI=1S/C31H32F2N8O2S/c1-19(2)13-21(15-34)30(43)40-12-4-5-22(40)18-41-25-8-7-20(16-35-17-28(32)33)14-24(25)37-31(41)38-29(42)27-10-9-26(44-27)23-6-3-11-36-39-23/h3,6-11,13-14,19,22,28,35H,4-5,12,16-18H2,1-2H3,(H,37,38,42)/b21-13+/t22-/m1/s1. The number of fused-ring (bicyclic) bond motifs is 1. The van der Waals surface area contributed by atoms with Gasteiger partial charge in [0.15, 0.2) is 0 Å². The SMILES string of the molecule is CC(C)/C=C(\C#N)C(=O)N1CCC[C@@H]1Cn1c(NC(=O)c2ccc(-c3cccnn3)s2)nc2cc(CNCC(F)F)ccc21. The lowest BCUT2D eigenvalue weighted by Gasteiger charge is -2.26. The molecule has 4 heterocycles. The zero-order valence-electron chi connectivity index (χ0n) is 24.3. The van der Waals surface area contributed by atoms with Gasteiger partial charge in [-0.2, -0.15) is 10.4 Å². The summed E-state index contributed by atoms with van der Waals surface area (Å²) >= 11 is 1.28. The van der Waals surface area contributed by atoms with Gasteiger partial charge in [0, 0.05) is 25.8 Å². The largest absolute Gasteiger partial charge is 0.333 e. The number of anilines is 1. The Labute approximate surface area is 257 Å². The Kier molecular flexibility index (Phi) is 9.72. The number of carbonyl (C=O) groups is 2. The van der Waals surface area contributed by atoms with Crippen molar-refractivity contribution in [2.45, 2.75) is 52.2 Å². The Morgan fingerprint density at radius 2 is 2.07 bits per heavy atom. The van der Waals surface area contributed by atoms with Crippen LogP contribution in [0.4, 0.5) is 14.7 Å². The molecule has 44 heavy (non-hydrogen) atoms. The third-order valence-corrected chi connectivity index (χ3v) is 8.31. The van der Waals surface area contributed by atoms with Gasteiger partial charge in [-0.05, 0) is 60.7 Å². The number of nitrogens with one attached hydrogen (secondary N) is 2. The van der Waals surface area contributed by atoms with E-state index in [1.165, 1.54) is 11.3 Å². The number of nitriles is 1. The second-order valence-electron chi connectivity index (χ2n) is 10.8. The normalized spacial score (nSPS) is 15.3. The molecule has 1 saturated heterocycles.